The van der Waals surface area contributed by atoms with Gasteiger partial charge >= 0.3 is 0 Å². The van der Waals surface area contributed by atoms with Crippen molar-refractivity contribution in [2.45, 2.75) is 13.0 Å². The molecule has 118 valence electrons. The van der Waals surface area contributed by atoms with Gasteiger partial charge in [0.1, 0.15) is 16.5 Å². The summed E-state index contributed by atoms with van der Waals surface area (Å²) in [5.41, 5.74) is 1.02. The first kappa shape index (κ1) is 15.4. The number of carbonyl (C=O) groups is 1. The van der Waals surface area contributed by atoms with Crippen molar-refractivity contribution in [1.82, 2.24) is 9.88 Å². The summed E-state index contributed by atoms with van der Waals surface area (Å²) in [6.45, 7) is 1.66. The number of rotatable bonds is 4. The summed E-state index contributed by atoms with van der Waals surface area (Å²) >= 11 is 1.31. The van der Waals surface area contributed by atoms with Gasteiger partial charge in [0.15, 0.2) is 0 Å². The van der Waals surface area contributed by atoms with Gasteiger partial charge in [0.2, 0.25) is 0 Å². The van der Waals surface area contributed by atoms with Gasteiger partial charge < -0.3 is 9.88 Å². The van der Waals surface area contributed by atoms with Crippen LogP contribution in [0.15, 0.2) is 54.2 Å². The SMILES string of the molecule is CC(NC(=O)c1sccc1-n1cccc1)c1ccc(F)cc1F. The topological polar surface area (TPSA) is 34.0 Å². The third kappa shape index (κ3) is 3.17. The summed E-state index contributed by atoms with van der Waals surface area (Å²) in [6, 6.07) is 8.36. The lowest BCUT2D eigenvalue weighted by molar-refractivity contribution is 0.0943. The Bertz CT molecular complexity index is 827. The number of nitrogens with zero attached hydrogens (tertiary/aromatic N) is 1. The molecule has 3 aromatic rings. The van der Waals surface area contributed by atoms with Crippen molar-refractivity contribution in [1.29, 1.82) is 0 Å². The van der Waals surface area contributed by atoms with E-state index in [1.807, 2.05) is 40.5 Å². The molecule has 1 amide bonds. The van der Waals surface area contributed by atoms with Crippen LogP contribution in [0, 0.1) is 11.6 Å². The Kier molecular flexibility index (Phi) is 4.25. The lowest BCUT2D eigenvalue weighted by Crippen LogP contribution is -2.27. The van der Waals surface area contributed by atoms with Gasteiger partial charge in [-0.25, -0.2) is 8.78 Å². The quantitative estimate of drug-likeness (QED) is 0.759. The Morgan fingerprint density at radius 3 is 2.65 bits per heavy atom. The van der Waals surface area contributed by atoms with Crippen LogP contribution in [0.1, 0.15) is 28.2 Å². The second kappa shape index (κ2) is 6.34. The van der Waals surface area contributed by atoms with E-state index in [9.17, 15) is 13.6 Å². The number of benzene rings is 1. The third-order valence-corrected chi connectivity index (χ3v) is 4.41. The smallest absolute Gasteiger partial charge is 0.263 e. The Morgan fingerprint density at radius 1 is 1.22 bits per heavy atom. The number of hydrogen-bond donors (Lipinski definition) is 1. The van der Waals surface area contributed by atoms with Gasteiger partial charge in [-0.2, -0.15) is 0 Å². The van der Waals surface area contributed by atoms with Crippen LogP contribution >= 0.6 is 11.3 Å². The van der Waals surface area contributed by atoms with E-state index < -0.39 is 17.7 Å². The predicted octanol–water partition coefficient (Wildman–Crippen LogP) is 4.31. The van der Waals surface area contributed by atoms with Crippen LogP contribution in [0.4, 0.5) is 8.78 Å². The largest absolute Gasteiger partial charge is 0.345 e. The molecule has 2 aromatic heterocycles. The second-order valence-corrected chi connectivity index (χ2v) is 6.00. The lowest BCUT2D eigenvalue weighted by Gasteiger charge is -2.15. The molecule has 0 spiro atoms. The molecular weight excluding hydrogens is 318 g/mol. The number of amides is 1. The van der Waals surface area contributed by atoms with Crippen molar-refractivity contribution in [2.75, 3.05) is 0 Å². The standard InChI is InChI=1S/C17H14F2N2OS/c1-11(13-5-4-12(18)10-14(13)19)20-17(22)16-15(6-9-23-16)21-7-2-3-8-21/h2-11H,1H3,(H,20,22). The van der Waals surface area contributed by atoms with E-state index in [1.165, 1.54) is 23.5 Å². The van der Waals surface area contributed by atoms with E-state index in [1.54, 1.807) is 6.92 Å². The van der Waals surface area contributed by atoms with Crippen molar-refractivity contribution >= 4 is 17.2 Å². The maximum Gasteiger partial charge on any atom is 0.263 e. The van der Waals surface area contributed by atoms with Gasteiger partial charge in [0.25, 0.3) is 5.91 Å². The van der Waals surface area contributed by atoms with Crippen molar-refractivity contribution in [3.63, 3.8) is 0 Å². The maximum absolute atomic E-state index is 13.8. The summed E-state index contributed by atoms with van der Waals surface area (Å²) < 4.78 is 28.6. The van der Waals surface area contributed by atoms with Gasteiger partial charge in [-0.1, -0.05) is 6.07 Å². The highest BCUT2D eigenvalue weighted by atomic mass is 32.1. The molecular formula is C17H14F2N2OS. The van der Waals surface area contributed by atoms with Crippen molar-refractivity contribution in [3.05, 3.63) is 76.2 Å². The minimum absolute atomic E-state index is 0.249. The summed E-state index contributed by atoms with van der Waals surface area (Å²) in [7, 11) is 0. The third-order valence-electron chi connectivity index (χ3n) is 3.51. The lowest BCUT2D eigenvalue weighted by atomic mass is 10.1. The fraction of sp³-hybridized carbons (Fsp3) is 0.118. The molecule has 1 unspecified atom stereocenters. The molecule has 23 heavy (non-hydrogen) atoms. The molecule has 1 aromatic carbocycles. The molecule has 3 nitrogen and oxygen atoms in total. The molecule has 0 bridgehead atoms. The fourth-order valence-electron chi connectivity index (χ4n) is 2.36. The molecule has 1 N–H and O–H groups in total. The van der Waals surface area contributed by atoms with Crippen LogP contribution in [-0.4, -0.2) is 10.5 Å². The number of aromatic nitrogens is 1. The molecule has 2 heterocycles. The fourth-order valence-corrected chi connectivity index (χ4v) is 3.16. The summed E-state index contributed by atoms with van der Waals surface area (Å²) in [4.78, 5) is 13.0. The van der Waals surface area contributed by atoms with E-state index in [4.69, 9.17) is 0 Å². The van der Waals surface area contributed by atoms with Crippen molar-refractivity contribution in [2.24, 2.45) is 0 Å². The minimum atomic E-state index is -0.672. The summed E-state index contributed by atoms with van der Waals surface area (Å²) in [5, 5.41) is 4.58. The van der Waals surface area contributed by atoms with Crippen LogP contribution in [0.25, 0.3) is 5.69 Å². The monoisotopic (exact) mass is 332 g/mol. The highest BCUT2D eigenvalue weighted by Gasteiger charge is 2.19. The van der Waals surface area contributed by atoms with Crippen LogP contribution in [0.2, 0.25) is 0 Å². The minimum Gasteiger partial charge on any atom is -0.345 e. The van der Waals surface area contributed by atoms with Gasteiger partial charge in [0.05, 0.1) is 11.7 Å². The molecule has 0 fully saturated rings. The first-order valence-electron chi connectivity index (χ1n) is 7.03. The average molecular weight is 332 g/mol. The number of nitrogens with one attached hydrogen (secondary N) is 1. The molecule has 6 heteroatoms. The number of carbonyl (C=O) groups excluding carboxylic acids is 1. The highest BCUT2D eigenvalue weighted by Crippen LogP contribution is 2.23. The summed E-state index contributed by atoms with van der Waals surface area (Å²) in [6.07, 6.45) is 3.70. The Labute approximate surface area is 136 Å². The van der Waals surface area contributed by atoms with Crippen molar-refractivity contribution in [3.8, 4) is 5.69 Å². The van der Waals surface area contributed by atoms with Crippen LogP contribution in [0.5, 0.6) is 0 Å². The Morgan fingerprint density at radius 2 is 1.96 bits per heavy atom. The number of halogens is 2. The highest BCUT2D eigenvalue weighted by molar-refractivity contribution is 7.12. The van der Waals surface area contributed by atoms with E-state index >= 15 is 0 Å². The first-order valence-corrected chi connectivity index (χ1v) is 7.91. The van der Waals surface area contributed by atoms with Crippen LogP contribution in [0.3, 0.4) is 0 Å². The molecule has 1 atom stereocenters. The van der Waals surface area contributed by atoms with Gasteiger partial charge in [-0.15, -0.1) is 11.3 Å². The molecule has 0 aliphatic carbocycles. The second-order valence-electron chi connectivity index (χ2n) is 5.09. The zero-order valence-electron chi connectivity index (χ0n) is 12.3. The molecule has 0 aliphatic heterocycles. The Hall–Kier alpha value is -2.47. The molecule has 0 aliphatic rings. The Balaban J connectivity index is 1.81. The van der Waals surface area contributed by atoms with Crippen LogP contribution < -0.4 is 5.32 Å². The molecule has 0 saturated carbocycles. The average Bonchev–Trinajstić information content (AvgIpc) is 3.18. The van der Waals surface area contributed by atoms with Gasteiger partial charge in [0, 0.05) is 24.0 Å². The number of hydrogen-bond acceptors (Lipinski definition) is 2. The zero-order valence-corrected chi connectivity index (χ0v) is 13.1. The number of thiophene rings is 1. The predicted molar refractivity (Wildman–Crippen MR) is 85.9 cm³/mol. The molecule has 3 rings (SSSR count). The van der Waals surface area contributed by atoms with Crippen molar-refractivity contribution < 1.29 is 13.6 Å². The van der Waals surface area contributed by atoms with E-state index in [0.29, 0.717) is 4.88 Å². The maximum atomic E-state index is 13.8. The first-order chi connectivity index (χ1) is 11.1. The molecule has 0 saturated heterocycles. The van der Waals surface area contributed by atoms with Crippen LogP contribution in [-0.2, 0) is 0 Å². The van der Waals surface area contributed by atoms with Gasteiger partial charge in [-0.05, 0) is 36.6 Å². The normalized spacial score (nSPS) is 12.1. The van der Waals surface area contributed by atoms with E-state index in [2.05, 4.69) is 5.32 Å². The van der Waals surface area contributed by atoms with E-state index in [0.717, 1.165) is 11.8 Å². The summed E-state index contributed by atoms with van der Waals surface area (Å²) in [5.74, 6) is -1.60. The van der Waals surface area contributed by atoms with E-state index in [-0.39, 0.29) is 11.5 Å². The molecule has 0 radical (unpaired) electrons. The zero-order chi connectivity index (χ0) is 16.4. The van der Waals surface area contributed by atoms with Gasteiger partial charge in [-0.3, -0.25) is 4.79 Å².